The van der Waals surface area contributed by atoms with Crippen LogP contribution in [0, 0.1) is 11.8 Å². The molecule has 1 heterocycles. The van der Waals surface area contributed by atoms with Crippen LogP contribution in [0.5, 0.6) is 0 Å². The van der Waals surface area contributed by atoms with Gasteiger partial charge in [-0.2, -0.15) is 0 Å². The number of nitrogens with zero attached hydrogens (tertiary/aromatic N) is 1. The van der Waals surface area contributed by atoms with Crippen LogP contribution < -0.4 is 0 Å². The van der Waals surface area contributed by atoms with Gasteiger partial charge in [0.15, 0.2) is 0 Å². The number of halogens is 8. The minimum Gasteiger partial charge on any atom is -0.418 e. The lowest BCUT2D eigenvalue weighted by Gasteiger charge is -1.94. The van der Waals surface area contributed by atoms with Crippen LogP contribution in [0.2, 0.25) is 0 Å². The third kappa shape index (κ3) is 485. The van der Waals surface area contributed by atoms with E-state index in [1.807, 2.05) is 36.1 Å². The van der Waals surface area contributed by atoms with Gasteiger partial charge < -0.3 is 39.1 Å². The van der Waals surface area contributed by atoms with Crippen LogP contribution in [-0.4, -0.2) is 19.1 Å². The molecule has 0 spiro atoms. The molecule has 0 N–H and O–H groups in total. The number of hydrogen-bond donors (Lipinski definition) is 0. The average Bonchev–Trinajstić information content (AvgIpc) is 2.61. The second-order valence-corrected chi connectivity index (χ2v) is 5.80. The smallest absolute Gasteiger partial charge is 0.418 e. The number of hydrogen-bond acceptors (Lipinski definition) is 0. The Kier molecular flexibility index (Phi) is 61.5. The van der Waals surface area contributed by atoms with Gasteiger partial charge in [-0.3, -0.25) is 0 Å². The maximum atomic E-state index is 9.75. The monoisotopic (exact) mass is 451 g/mol. The largest absolute Gasteiger partial charge is 0.673 e. The van der Waals surface area contributed by atoms with Gasteiger partial charge in [0, 0.05) is 19.4 Å². The third-order valence-electron chi connectivity index (χ3n) is 0.754. The maximum absolute atomic E-state index is 9.75. The molecule has 0 bridgehead atoms. The van der Waals surface area contributed by atoms with Crippen LogP contribution >= 0.6 is 0 Å². The molecule has 0 aliphatic rings. The molecule has 0 fully saturated rings. The van der Waals surface area contributed by atoms with E-state index in [1.54, 1.807) is 0 Å². The zero-order valence-corrected chi connectivity index (χ0v) is 15.1. The Morgan fingerprint density at radius 2 is 0.621 bits per heavy atom. The fraction of sp³-hybridized carbons (Fsp3) is 0.778. The molecule has 1 nitrogen and oxygen atoms in total. The average molecular weight is 451 g/mol. The van der Waals surface area contributed by atoms with Crippen molar-refractivity contribution in [1.29, 1.82) is 0 Å². The first-order chi connectivity index (χ1) is 10.4. The van der Waals surface area contributed by atoms with E-state index in [1.165, 1.54) is 0 Å². The number of aromatic nitrogens is 1. The topological polar surface area (TPSA) is 4.93 Å². The molecule has 0 amide bonds. The molecule has 0 aromatic carbocycles. The molecular formula is C18H47B2F8N-2. The van der Waals surface area contributed by atoms with Crippen LogP contribution in [0.4, 0.5) is 34.5 Å². The molecule has 1 rings (SSSR count). The van der Waals surface area contributed by atoms with Crippen molar-refractivity contribution in [3.8, 4) is 0 Å². The zero-order chi connectivity index (χ0) is 20.6. The van der Waals surface area contributed by atoms with E-state index in [9.17, 15) is 34.5 Å². The lowest BCUT2D eigenvalue weighted by Crippen LogP contribution is -2.02. The first kappa shape index (κ1) is 56.5. The van der Waals surface area contributed by atoms with Gasteiger partial charge in [-0.25, -0.2) is 0 Å². The molecule has 0 saturated carbocycles. The summed E-state index contributed by atoms with van der Waals surface area (Å²) in [6.45, 7) is 13.0. The number of aryl methyl sites for hydroxylation is 1. The fourth-order valence-electron chi connectivity index (χ4n) is 0.421. The Morgan fingerprint density at radius 1 is 0.517 bits per heavy atom. The Labute approximate surface area is 176 Å². The van der Waals surface area contributed by atoms with Crippen molar-refractivity contribution in [2.45, 2.75) is 78.7 Å². The highest BCUT2D eigenvalue weighted by atomic mass is 19.5. The highest BCUT2D eigenvalue weighted by Gasteiger charge is 2.21. The molecule has 188 valence electrons. The molecular weight excluding hydrogens is 404 g/mol. The van der Waals surface area contributed by atoms with Crippen molar-refractivity contribution >= 4 is 14.5 Å². The molecule has 0 aliphatic carbocycles. The normalized spacial score (nSPS) is 8.45. The second kappa shape index (κ2) is 31.5. The summed E-state index contributed by atoms with van der Waals surface area (Å²) in [7, 11) is -10.0. The van der Waals surface area contributed by atoms with Crippen LogP contribution in [0.1, 0.15) is 78.7 Å². The van der Waals surface area contributed by atoms with E-state index in [2.05, 4.69) is 41.5 Å². The summed E-state index contributed by atoms with van der Waals surface area (Å²) < 4.78 is 80.0. The molecule has 0 saturated heterocycles. The van der Waals surface area contributed by atoms with Gasteiger partial charge in [-0.1, -0.05) is 78.7 Å². The molecule has 0 radical (unpaired) electrons. The molecule has 0 unspecified atom stereocenters. The predicted octanol–water partition coefficient (Wildman–Crippen LogP) is 10.1. The SMILES string of the molecule is C.C.C.C.C.CC(C)C.CC(C)C.Cn1cccc1.F[B-](F)(F)F.F[B-](F)(F)F. The predicted molar refractivity (Wildman–Crippen MR) is 120 cm³/mol. The van der Waals surface area contributed by atoms with Crippen LogP contribution in [0.15, 0.2) is 24.5 Å². The van der Waals surface area contributed by atoms with E-state index >= 15 is 0 Å². The molecule has 1 aromatic rings. The highest BCUT2D eigenvalue weighted by Crippen LogP contribution is 2.07. The van der Waals surface area contributed by atoms with Gasteiger partial charge in [-0.15, -0.1) is 0 Å². The van der Waals surface area contributed by atoms with Crippen molar-refractivity contribution in [2.24, 2.45) is 18.9 Å². The van der Waals surface area contributed by atoms with Crippen molar-refractivity contribution in [1.82, 2.24) is 4.57 Å². The summed E-state index contributed by atoms with van der Waals surface area (Å²) >= 11 is 0. The van der Waals surface area contributed by atoms with E-state index in [-0.39, 0.29) is 37.1 Å². The lowest BCUT2D eigenvalue weighted by atomic mass is 10.3. The Morgan fingerprint density at radius 3 is 0.655 bits per heavy atom. The first-order valence-corrected chi connectivity index (χ1v) is 7.17. The van der Waals surface area contributed by atoms with Crippen molar-refractivity contribution in [3.05, 3.63) is 24.5 Å². The molecule has 0 aliphatic heterocycles. The first-order valence-electron chi connectivity index (χ1n) is 7.17. The molecule has 0 atom stereocenters. The Bertz CT molecular complexity index is 303. The molecule has 1 aromatic heterocycles. The minimum absolute atomic E-state index is 0. The van der Waals surface area contributed by atoms with Crippen molar-refractivity contribution < 1.29 is 34.5 Å². The standard InChI is InChI=1S/C5H7N.2C4H10.5CH4.2BF4/c1-6-4-2-3-5-6;2*1-4(2)3;;;;;;2*2-1(3,4)5/h2-5H,1H3;2*4H,1-3H3;5*1H4;;/q;;;;;;;;2*-1. The van der Waals surface area contributed by atoms with E-state index < -0.39 is 14.5 Å². The maximum Gasteiger partial charge on any atom is 0.673 e. The summed E-state index contributed by atoms with van der Waals surface area (Å²) in [5, 5.41) is 0. The highest BCUT2D eigenvalue weighted by molar-refractivity contribution is 6.50. The summed E-state index contributed by atoms with van der Waals surface area (Å²) in [5.74, 6) is 1.67. The Hall–Kier alpha value is -1.15. The summed E-state index contributed by atoms with van der Waals surface area (Å²) in [6.07, 6.45) is 4.00. The minimum atomic E-state index is -6.00. The molecule has 29 heavy (non-hydrogen) atoms. The van der Waals surface area contributed by atoms with E-state index in [0.29, 0.717) is 0 Å². The quantitative estimate of drug-likeness (QED) is 0.273. The van der Waals surface area contributed by atoms with Gasteiger partial charge in [-0.05, 0) is 24.0 Å². The van der Waals surface area contributed by atoms with Crippen molar-refractivity contribution in [2.75, 3.05) is 0 Å². The summed E-state index contributed by atoms with van der Waals surface area (Å²) in [4.78, 5) is 0. The van der Waals surface area contributed by atoms with Gasteiger partial charge in [0.25, 0.3) is 0 Å². The van der Waals surface area contributed by atoms with E-state index in [4.69, 9.17) is 0 Å². The van der Waals surface area contributed by atoms with Gasteiger partial charge >= 0.3 is 14.5 Å². The fourth-order valence-corrected chi connectivity index (χ4v) is 0.421. The number of rotatable bonds is 0. The lowest BCUT2D eigenvalue weighted by molar-refractivity contribution is 0.366. The van der Waals surface area contributed by atoms with Crippen LogP contribution in [-0.2, 0) is 7.05 Å². The zero-order valence-electron chi connectivity index (χ0n) is 15.1. The van der Waals surface area contributed by atoms with Gasteiger partial charge in [0.2, 0.25) is 0 Å². The van der Waals surface area contributed by atoms with Gasteiger partial charge in [0.1, 0.15) is 0 Å². The summed E-state index contributed by atoms with van der Waals surface area (Å²) in [5.41, 5.74) is 0. The Balaban J connectivity index is -0.0000000238. The van der Waals surface area contributed by atoms with E-state index in [0.717, 1.165) is 11.8 Å². The van der Waals surface area contributed by atoms with Crippen LogP contribution in [0.3, 0.4) is 0 Å². The molecule has 11 heteroatoms. The van der Waals surface area contributed by atoms with Crippen LogP contribution in [0.25, 0.3) is 0 Å². The third-order valence-corrected chi connectivity index (χ3v) is 0.754. The second-order valence-electron chi connectivity index (χ2n) is 5.80. The summed E-state index contributed by atoms with van der Waals surface area (Å²) in [6, 6.07) is 4.00. The van der Waals surface area contributed by atoms with Crippen molar-refractivity contribution in [3.63, 3.8) is 0 Å². The van der Waals surface area contributed by atoms with Gasteiger partial charge in [0.05, 0.1) is 0 Å².